The molecule has 0 spiro atoms. The fourth-order valence-corrected chi connectivity index (χ4v) is 5.56. The Bertz CT molecular complexity index is 558. The monoisotopic (exact) mass is 306 g/mol. The summed E-state index contributed by atoms with van der Waals surface area (Å²) in [6, 6.07) is 0.532. The first-order chi connectivity index (χ1) is 10.6. The summed E-state index contributed by atoms with van der Waals surface area (Å²) < 4.78 is 0. The second kappa shape index (κ2) is 4.98. The smallest absolute Gasteiger partial charge is 0.353 e. The summed E-state index contributed by atoms with van der Waals surface area (Å²) in [5.41, 5.74) is 2.99. The molecule has 4 rings (SSSR count). The summed E-state index contributed by atoms with van der Waals surface area (Å²) >= 11 is 0. The van der Waals surface area contributed by atoms with Crippen LogP contribution >= 0.6 is 0 Å². The van der Waals surface area contributed by atoms with Gasteiger partial charge in [0.1, 0.15) is 5.70 Å². The van der Waals surface area contributed by atoms with Crippen molar-refractivity contribution in [1.29, 1.82) is 0 Å². The number of carbonyl (C=O) groups is 2. The van der Waals surface area contributed by atoms with Crippen LogP contribution in [0.3, 0.4) is 0 Å². The van der Waals surface area contributed by atoms with E-state index in [1.54, 1.807) is 0 Å². The first kappa shape index (κ1) is 14.1. The van der Waals surface area contributed by atoms with Gasteiger partial charge >= 0.3 is 11.9 Å². The molecule has 4 aliphatic rings. The summed E-state index contributed by atoms with van der Waals surface area (Å²) in [5, 5.41) is 21.2. The van der Waals surface area contributed by atoms with Gasteiger partial charge in [-0.15, -0.1) is 0 Å². The van der Waals surface area contributed by atoms with Gasteiger partial charge in [0, 0.05) is 18.0 Å². The highest BCUT2D eigenvalue weighted by atomic mass is 16.4. The average molecular weight is 306 g/mol. The number of aliphatic carboxylic acids is 2. The van der Waals surface area contributed by atoms with Gasteiger partial charge in [0.15, 0.2) is 0 Å². The van der Waals surface area contributed by atoms with Crippen molar-refractivity contribution in [2.75, 3.05) is 0 Å². The minimum Gasteiger partial charge on any atom is -0.478 e. The predicted molar refractivity (Wildman–Crippen MR) is 77.6 cm³/mol. The van der Waals surface area contributed by atoms with Crippen molar-refractivity contribution in [3.05, 3.63) is 11.3 Å². The van der Waals surface area contributed by atoms with Crippen LogP contribution in [0.1, 0.15) is 44.9 Å². The Hall–Kier alpha value is -1.56. The van der Waals surface area contributed by atoms with Crippen molar-refractivity contribution >= 4 is 11.9 Å². The molecule has 0 radical (unpaired) electrons. The molecule has 0 aromatic carbocycles. The van der Waals surface area contributed by atoms with Crippen molar-refractivity contribution in [1.82, 2.24) is 10.4 Å². The molecule has 0 amide bonds. The van der Waals surface area contributed by atoms with Crippen LogP contribution in [-0.4, -0.2) is 39.2 Å². The second-order valence-electron chi connectivity index (χ2n) is 7.13. The summed E-state index contributed by atoms with van der Waals surface area (Å²) in [6.45, 7) is 0. The Morgan fingerprint density at radius 3 is 2.41 bits per heavy atom. The highest BCUT2D eigenvalue weighted by Gasteiger charge is 2.57. The quantitative estimate of drug-likeness (QED) is 0.718. The molecule has 0 aromatic heterocycles. The number of nitrogens with one attached hydrogen (secondary N) is 1. The van der Waals surface area contributed by atoms with Gasteiger partial charge in [-0.25, -0.2) is 14.6 Å². The lowest BCUT2D eigenvalue weighted by Crippen LogP contribution is -2.57. The Labute approximate surface area is 129 Å². The lowest BCUT2D eigenvalue weighted by molar-refractivity contribution is -0.139. The lowest BCUT2D eigenvalue weighted by Gasteiger charge is -2.44. The van der Waals surface area contributed by atoms with Crippen LogP contribution in [0.15, 0.2) is 11.3 Å². The number of fused-ring (bicyclic) bond motifs is 3. The van der Waals surface area contributed by atoms with E-state index in [9.17, 15) is 19.8 Å². The molecule has 2 aliphatic carbocycles. The van der Waals surface area contributed by atoms with Gasteiger partial charge in [0.05, 0.1) is 5.57 Å². The topological polar surface area (TPSA) is 89.9 Å². The van der Waals surface area contributed by atoms with E-state index in [-0.39, 0.29) is 23.2 Å². The highest BCUT2D eigenvalue weighted by Crippen LogP contribution is 2.53. The normalized spacial score (nSPS) is 40.6. The molecule has 1 saturated heterocycles. The molecule has 22 heavy (non-hydrogen) atoms. The number of carboxylic acid groups (broad SMARTS) is 2. The molecule has 0 bridgehead atoms. The number of rotatable bonds is 2. The number of nitrogens with zero attached hydrogens (tertiary/aromatic N) is 1. The van der Waals surface area contributed by atoms with E-state index >= 15 is 0 Å². The Kier molecular flexibility index (Phi) is 3.18. The van der Waals surface area contributed by atoms with E-state index < -0.39 is 11.9 Å². The van der Waals surface area contributed by atoms with Gasteiger partial charge in [-0.05, 0) is 37.5 Å². The predicted octanol–water partition coefficient (Wildman–Crippen LogP) is 1.59. The van der Waals surface area contributed by atoms with Crippen LogP contribution in [0, 0.1) is 17.8 Å². The number of hydrogen-bond donors (Lipinski definition) is 3. The minimum absolute atomic E-state index is 0.0945. The molecule has 6 nitrogen and oxygen atoms in total. The van der Waals surface area contributed by atoms with E-state index in [0.717, 1.165) is 25.7 Å². The van der Waals surface area contributed by atoms with E-state index in [0.29, 0.717) is 17.9 Å². The van der Waals surface area contributed by atoms with Gasteiger partial charge in [-0.2, -0.15) is 0 Å². The van der Waals surface area contributed by atoms with Crippen molar-refractivity contribution in [2.24, 2.45) is 17.8 Å². The molecule has 6 heteroatoms. The van der Waals surface area contributed by atoms with E-state index in [4.69, 9.17) is 0 Å². The third-order valence-electron chi connectivity index (χ3n) is 6.24. The average Bonchev–Trinajstić information content (AvgIpc) is 2.83. The van der Waals surface area contributed by atoms with Crippen LogP contribution in [0.25, 0.3) is 0 Å². The maximum atomic E-state index is 11.7. The molecule has 3 N–H and O–H groups in total. The first-order valence-corrected chi connectivity index (χ1v) is 8.35. The fourth-order valence-electron chi connectivity index (χ4n) is 5.56. The van der Waals surface area contributed by atoms with Crippen LogP contribution < -0.4 is 5.43 Å². The van der Waals surface area contributed by atoms with Gasteiger partial charge in [-0.1, -0.05) is 19.3 Å². The van der Waals surface area contributed by atoms with Crippen LogP contribution in [0.4, 0.5) is 0 Å². The van der Waals surface area contributed by atoms with Crippen LogP contribution in [-0.2, 0) is 9.59 Å². The van der Waals surface area contributed by atoms with E-state index in [1.165, 1.54) is 19.3 Å². The van der Waals surface area contributed by atoms with Crippen molar-refractivity contribution in [2.45, 2.75) is 57.0 Å². The largest absolute Gasteiger partial charge is 0.478 e. The van der Waals surface area contributed by atoms with Gasteiger partial charge in [0.2, 0.25) is 0 Å². The van der Waals surface area contributed by atoms with E-state index in [2.05, 4.69) is 10.4 Å². The molecule has 120 valence electrons. The van der Waals surface area contributed by atoms with E-state index in [1.807, 2.05) is 0 Å². The molecule has 0 aromatic rings. The molecular weight excluding hydrogens is 284 g/mol. The highest BCUT2D eigenvalue weighted by molar-refractivity contribution is 5.99. The maximum absolute atomic E-state index is 11.7. The third-order valence-corrected chi connectivity index (χ3v) is 6.24. The zero-order valence-electron chi connectivity index (χ0n) is 12.5. The molecule has 2 saturated carbocycles. The van der Waals surface area contributed by atoms with Crippen molar-refractivity contribution in [3.8, 4) is 0 Å². The molecule has 2 aliphatic heterocycles. The van der Waals surface area contributed by atoms with Crippen molar-refractivity contribution < 1.29 is 19.8 Å². The Morgan fingerprint density at radius 2 is 1.68 bits per heavy atom. The molecular formula is C16H22N2O4. The van der Waals surface area contributed by atoms with Crippen LogP contribution in [0.5, 0.6) is 0 Å². The Morgan fingerprint density at radius 1 is 0.955 bits per heavy atom. The first-order valence-electron chi connectivity index (χ1n) is 8.35. The summed E-state index contributed by atoms with van der Waals surface area (Å²) in [4.78, 5) is 23.3. The van der Waals surface area contributed by atoms with Crippen LogP contribution in [0.2, 0.25) is 0 Å². The summed E-state index contributed by atoms with van der Waals surface area (Å²) in [5.74, 6) is -1.27. The molecule has 0 unspecified atom stereocenters. The van der Waals surface area contributed by atoms with Gasteiger partial charge < -0.3 is 15.6 Å². The van der Waals surface area contributed by atoms with Crippen molar-refractivity contribution in [3.63, 3.8) is 0 Å². The third kappa shape index (κ3) is 1.82. The minimum atomic E-state index is -1.16. The zero-order valence-corrected chi connectivity index (χ0v) is 12.5. The molecule has 3 fully saturated rings. The number of carboxylic acids is 2. The van der Waals surface area contributed by atoms with Gasteiger partial charge in [-0.3, -0.25) is 0 Å². The second-order valence-corrected chi connectivity index (χ2v) is 7.13. The lowest BCUT2D eigenvalue weighted by atomic mass is 9.68. The SMILES string of the molecule is O=C(O)C1=C(C(=O)O)[C@@H]2CCC[C@H]3[C@H]4CCCC[C@H]4N(N1)[C@H]32. The Balaban J connectivity index is 1.79. The van der Waals surface area contributed by atoms with Gasteiger partial charge in [0.25, 0.3) is 0 Å². The summed E-state index contributed by atoms with van der Waals surface area (Å²) in [6.07, 6.45) is 7.66. The number of hydrogen-bond acceptors (Lipinski definition) is 4. The molecule has 5 atom stereocenters. The number of hydrazine groups is 1. The molecule has 2 heterocycles. The maximum Gasteiger partial charge on any atom is 0.353 e. The standard InChI is InChI=1S/C16H22N2O4/c19-15(20)12-10-6-3-5-9-8-4-1-2-7-11(8)18(14(9)10)17-13(12)16(21)22/h8-11,14,17H,1-7H2,(H,19,20)(H,21,22)/t8-,9+,10+,11-,14-/m1/s1. The summed E-state index contributed by atoms with van der Waals surface area (Å²) in [7, 11) is 0. The zero-order chi connectivity index (χ0) is 15.4. The fraction of sp³-hybridized carbons (Fsp3) is 0.750.